The molecule has 0 N–H and O–H groups in total. The Bertz CT molecular complexity index is 377. The van der Waals surface area contributed by atoms with Crippen LogP contribution in [0.1, 0.15) is 34.3 Å². The Labute approximate surface area is 109 Å². The van der Waals surface area contributed by atoms with Gasteiger partial charge >= 0.3 is 0 Å². The Balaban J connectivity index is 2.12. The van der Waals surface area contributed by atoms with Crippen molar-refractivity contribution in [1.82, 2.24) is 4.90 Å². The third-order valence-corrected chi connectivity index (χ3v) is 5.00. The van der Waals surface area contributed by atoms with Crippen LogP contribution < -0.4 is 0 Å². The third kappa shape index (κ3) is 2.33. The molecule has 0 aliphatic carbocycles. The van der Waals surface area contributed by atoms with E-state index in [1.54, 1.807) is 11.3 Å². The summed E-state index contributed by atoms with van der Waals surface area (Å²) >= 11 is 5.12. The van der Waals surface area contributed by atoms with Crippen LogP contribution in [0.25, 0.3) is 0 Å². The summed E-state index contributed by atoms with van der Waals surface area (Å²) in [6, 6.07) is 4.42. The maximum Gasteiger partial charge on any atom is 0.264 e. The number of carbonyl (C=O) groups is 1. The lowest BCUT2D eigenvalue weighted by molar-refractivity contribution is 0.0755. The summed E-state index contributed by atoms with van der Waals surface area (Å²) in [4.78, 5) is 16.5. The second-order valence-corrected chi connectivity index (χ2v) is 5.88. The number of thiophene rings is 1. The van der Waals surface area contributed by atoms with Crippen LogP contribution in [0.4, 0.5) is 0 Å². The molecule has 1 aliphatic heterocycles. The van der Waals surface area contributed by atoms with E-state index >= 15 is 0 Å². The van der Waals surface area contributed by atoms with E-state index in [0.717, 1.165) is 36.0 Å². The highest BCUT2D eigenvalue weighted by Crippen LogP contribution is 2.25. The van der Waals surface area contributed by atoms with E-state index in [2.05, 4.69) is 28.9 Å². The van der Waals surface area contributed by atoms with Gasteiger partial charge in [-0.1, -0.05) is 22.9 Å². The molecular formula is C12H16BrNOS. The van der Waals surface area contributed by atoms with Crippen molar-refractivity contribution < 1.29 is 4.79 Å². The van der Waals surface area contributed by atoms with Gasteiger partial charge in [-0.05, 0) is 31.4 Å². The van der Waals surface area contributed by atoms with Crippen LogP contribution in [0.5, 0.6) is 0 Å². The first-order chi connectivity index (χ1) is 7.76. The summed E-state index contributed by atoms with van der Waals surface area (Å²) in [7, 11) is 0. The van der Waals surface area contributed by atoms with Gasteiger partial charge < -0.3 is 4.90 Å². The molecule has 16 heavy (non-hydrogen) atoms. The highest BCUT2D eigenvalue weighted by atomic mass is 79.9. The monoisotopic (exact) mass is 301 g/mol. The normalized spacial score (nSPS) is 20.4. The van der Waals surface area contributed by atoms with E-state index in [0.29, 0.717) is 6.04 Å². The SMILES string of the molecule is CCc1ccc(C(=O)N2CCCC2CBr)s1. The van der Waals surface area contributed by atoms with Gasteiger partial charge in [0.25, 0.3) is 5.91 Å². The van der Waals surface area contributed by atoms with Crippen LogP contribution in [0.15, 0.2) is 12.1 Å². The van der Waals surface area contributed by atoms with Crippen LogP contribution in [0, 0.1) is 0 Å². The van der Waals surface area contributed by atoms with Crippen LogP contribution >= 0.6 is 27.3 Å². The largest absolute Gasteiger partial charge is 0.334 e. The smallest absolute Gasteiger partial charge is 0.264 e. The van der Waals surface area contributed by atoms with E-state index < -0.39 is 0 Å². The zero-order valence-corrected chi connectivity index (χ0v) is 11.8. The fraction of sp³-hybridized carbons (Fsp3) is 0.583. The van der Waals surface area contributed by atoms with E-state index in [9.17, 15) is 4.79 Å². The number of nitrogens with zero attached hydrogens (tertiary/aromatic N) is 1. The molecule has 2 rings (SSSR count). The summed E-state index contributed by atoms with van der Waals surface area (Å²) < 4.78 is 0. The van der Waals surface area contributed by atoms with Crippen LogP contribution in [-0.2, 0) is 6.42 Å². The lowest BCUT2D eigenvalue weighted by atomic mass is 10.2. The third-order valence-electron chi connectivity index (χ3n) is 3.04. The molecule has 0 spiro atoms. The summed E-state index contributed by atoms with van der Waals surface area (Å²) in [5.41, 5.74) is 0. The van der Waals surface area contributed by atoms with Gasteiger partial charge in [0.15, 0.2) is 0 Å². The second-order valence-electron chi connectivity index (χ2n) is 4.07. The van der Waals surface area contributed by atoms with Crippen LogP contribution in [0.2, 0.25) is 0 Å². The molecule has 1 aromatic heterocycles. The van der Waals surface area contributed by atoms with E-state index in [1.807, 2.05) is 11.0 Å². The van der Waals surface area contributed by atoms with Crippen molar-refractivity contribution in [3.63, 3.8) is 0 Å². The molecule has 0 saturated carbocycles. The molecule has 1 fully saturated rings. The number of amides is 1. The Morgan fingerprint density at radius 2 is 2.44 bits per heavy atom. The molecule has 1 aliphatic rings. The van der Waals surface area contributed by atoms with Gasteiger partial charge in [-0.25, -0.2) is 0 Å². The van der Waals surface area contributed by atoms with Crippen molar-refractivity contribution >= 4 is 33.2 Å². The number of hydrogen-bond acceptors (Lipinski definition) is 2. The lowest BCUT2D eigenvalue weighted by Crippen LogP contribution is -2.35. The molecule has 4 heteroatoms. The fourth-order valence-corrected chi connectivity index (χ4v) is 3.66. The molecule has 88 valence electrons. The molecular weight excluding hydrogens is 286 g/mol. The molecule has 2 heterocycles. The number of alkyl halides is 1. The minimum atomic E-state index is 0.214. The summed E-state index contributed by atoms with van der Waals surface area (Å²) in [6.45, 7) is 3.03. The zero-order chi connectivity index (χ0) is 11.5. The molecule has 0 bridgehead atoms. The maximum atomic E-state index is 12.3. The Kier molecular flexibility index (Phi) is 4.03. The molecule has 0 radical (unpaired) electrons. The van der Waals surface area contributed by atoms with E-state index in [1.165, 1.54) is 4.88 Å². The van der Waals surface area contributed by atoms with Gasteiger partial charge in [-0.2, -0.15) is 0 Å². The van der Waals surface area contributed by atoms with Crippen LogP contribution in [0.3, 0.4) is 0 Å². The van der Waals surface area contributed by atoms with Crippen molar-refractivity contribution in [1.29, 1.82) is 0 Å². The number of halogens is 1. The van der Waals surface area contributed by atoms with Crippen molar-refractivity contribution in [2.24, 2.45) is 0 Å². The fourth-order valence-electron chi connectivity index (χ4n) is 2.09. The number of aryl methyl sites for hydroxylation is 1. The minimum absolute atomic E-state index is 0.214. The highest BCUT2D eigenvalue weighted by Gasteiger charge is 2.29. The average molecular weight is 302 g/mol. The lowest BCUT2D eigenvalue weighted by Gasteiger charge is -2.22. The summed E-state index contributed by atoms with van der Waals surface area (Å²) in [5.74, 6) is 0.214. The maximum absolute atomic E-state index is 12.3. The van der Waals surface area contributed by atoms with Crippen molar-refractivity contribution in [3.05, 3.63) is 21.9 Å². The first kappa shape index (κ1) is 12.1. The van der Waals surface area contributed by atoms with Crippen molar-refractivity contribution in [2.45, 2.75) is 32.2 Å². The van der Waals surface area contributed by atoms with Gasteiger partial charge in [-0.15, -0.1) is 11.3 Å². The zero-order valence-electron chi connectivity index (χ0n) is 9.41. The van der Waals surface area contributed by atoms with Gasteiger partial charge in [0.05, 0.1) is 4.88 Å². The standard InChI is InChI=1S/C12H16BrNOS/c1-2-10-5-6-11(16-10)12(15)14-7-3-4-9(14)8-13/h5-6,9H,2-4,7-8H2,1H3. The molecule has 1 saturated heterocycles. The van der Waals surface area contributed by atoms with Crippen molar-refractivity contribution in [2.75, 3.05) is 11.9 Å². The topological polar surface area (TPSA) is 20.3 Å². The van der Waals surface area contributed by atoms with Crippen LogP contribution in [-0.4, -0.2) is 28.7 Å². The first-order valence-electron chi connectivity index (χ1n) is 5.72. The number of rotatable bonds is 3. The minimum Gasteiger partial charge on any atom is -0.334 e. The van der Waals surface area contributed by atoms with E-state index in [-0.39, 0.29) is 5.91 Å². The number of hydrogen-bond donors (Lipinski definition) is 0. The quantitative estimate of drug-likeness (QED) is 0.785. The number of likely N-dealkylation sites (tertiary alicyclic amines) is 1. The highest BCUT2D eigenvalue weighted by molar-refractivity contribution is 9.09. The predicted molar refractivity (Wildman–Crippen MR) is 71.5 cm³/mol. The Morgan fingerprint density at radius 3 is 3.06 bits per heavy atom. The molecule has 2 nitrogen and oxygen atoms in total. The molecule has 0 aromatic carbocycles. The summed E-state index contributed by atoms with van der Waals surface area (Å²) in [6.07, 6.45) is 3.27. The van der Waals surface area contributed by atoms with Crippen molar-refractivity contribution in [3.8, 4) is 0 Å². The second kappa shape index (κ2) is 5.32. The van der Waals surface area contributed by atoms with Gasteiger partial charge in [-0.3, -0.25) is 4.79 Å². The summed E-state index contributed by atoms with van der Waals surface area (Å²) in [5, 5.41) is 0.894. The van der Waals surface area contributed by atoms with Gasteiger partial charge in [0.1, 0.15) is 0 Å². The van der Waals surface area contributed by atoms with E-state index in [4.69, 9.17) is 0 Å². The molecule has 1 aromatic rings. The average Bonchev–Trinajstić information content (AvgIpc) is 2.96. The molecule has 1 amide bonds. The Morgan fingerprint density at radius 1 is 1.62 bits per heavy atom. The predicted octanol–water partition coefficient (Wildman–Crippen LogP) is 3.31. The Hall–Kier alpha value is -0.350. The molecule has 1 unspecified atom stereocenters. The van der Waals surface area contributed by atoms with Gasteiger partial charge in [0.2, 0.25) is 0 Å². The van der Waals surface area contributed by atoms with Gasteiger partial charge in [0, 0.05) is 22.8 Å². The first-order valence-corrected chi connectivity index (χ1v) is 7.65. The number of carbonyl (C=O) groups excluding carboxylic acids is 1. The molecule has 1 atom stereocenters.